The lowest BCUT2D eigenvalue weighted by atomic mass is 9.96. The maximum absolute atomic E-state index is 14.0. The molecule has 98 valence electrons. The first kappa shape index (κ1) is 13.1. The van der Waals surface area contributed by atoms with Crippen molar-refractivity contribution >= 4 is 27.7 Å². The number of carbonyl (C=O) groups is 1. The Morgan fingerprint density at radius 3 is 2.94 bits per heavy atom. The summed E-state index contributed by atoms with van der Waals surface area (Å²) in [6.07, 6.45) is 0.543. The molecule has 1 amide bonds. The van der Waals surface area contributed by atoms with E-state index in [0.29, 0.717) is 18.4 Å². The van der Waals surface area contributed by atoms with Gasteiger partial charge in [0.2, 0.25) is 0 Å². The number of methoxy groups -OCH3 is 1. The summed E-state index contributed by atoms with van der Waals surface area (Å²) in [6, 6.07) is 0.988. The third-order valence-corrected chi connectivity index (χ3v) is 3.75. The standard InChI is InChI=1S/C12H13BrFNO3/c1-6-3-4-7-10(15(6)12(17)18-2)9(14)5-8(13)11(7)16/h5-6,16H,3-4H2,1-2H3. The highest BCUT2D eigenvalue weighted by molar-refractivity contribution is 9.10. The maximum atomic E-state index is 14.0. The lowest BCUT2D eigenvalue weighted by Crippen LogP contribution is -2.42. The van der Waals surface area contributed by atoms with Gasteiger partial charge in [-0.1, -0.05) is 0 Å². The molecular weight excluding hydrogens is 305 g/mol. The van der Waals surface area contributed by atoms with Crippen molar-refractivity contribution in [2.45, 2.75) is 25.8 Å². The molecule has 4 nitrogen and oxygen atoms in total. The number of fused-ring (bicyclic) bond motifs is 1. The number of anilines is 1. The molecule has 1 unspecified atom stereocenters. The van der Waals surface area contributed by atoms with Gasteiger partial charge in [-0.05, 0) is 41.8 Å². The summed E-state index contributed by atoms with van der Waals surface area (Å²) in [5.74, 6) is -0.571. The summed E-state index contributed by atoms with van der Waals surface area (Å²) in [7, 11) is 1.25. The van der Waals surface area contributed by atoms with Gasteiger partial charge in [-0.3, -0.25) is 4.90 Å². The second kappa shape index (κ2) is 4.76. The molecule has 1 atom stereocenters. The van der Waals surface area contributed by atoms with Crippen LogP contribution in [-0.4, -0.2) is 24.4 Å². The van der Waals surface area contributed by atoms with Gasteiger partial charge in [-0.25, -0.2) is 9.18 Å². The fourth-order valence-corrected chi connectivity index (χ4v) is 2.66. The van der Waals surface area contributed by atoms with E-state index in [1.807, 2.05) is 6.92 Å². The van der Waals surface area contributed by atoms with Gasteiger partial charge in [0.15, 0.2) is 0 Å². The van der Waals surface area contributed by atoms with Gasteiger partial charge in [0.1, 0.15) is 11.6 Å². The van der Waals surface area contributed by atoms with Crippen LogP contribution in [0.5, 0.6) is 5.75 Å². The number of phenolic OH excluding ortho intramolecular Hbond substituents is 1. The maximum Gasteiger partial charge on any atom is 0.414 e. The zero-order chi connectivity index (χ0) is 13.4. The number of nitrogens with zero attached hydrogens (tertiary/aromatic N) is 1. The van der Waals surface area contributed by atoms with E-state index in [0.717, 1.165) is 6.07 Å². The molecule has 0 saturated carbocycles. The fraction of sp³-hybridized carbons (Fsp3) is 0.417. The van der Waals surface area contributed by atoms with E-state index in [9.17, 15) is 14.3 Å². The predicted octanol–water partition coefficient (Wildman–Crippen LogP) is 3.20. The fourth-order valence-electron chi connectivity index (χ4n) is 2.22. The Bertz CT molecular complexity index is 507. The summed E-state index contributed by atoms with van der Waals surface area (Å²) >= 11 is 3.09. The quantitative estimate of drug-likeness (QED) is 0.799. The average Bonchev–Trinajstić information content (AvgIpc) is 2.34. The molecule has 0 spiro atoms. The number of rotatable bonds is 0. The zero-order valence-corrected chi connectivity index (χ0v) is 11.6. The molecule has 1 heterocycles. The highest BCUT2D eigenvalue weighted by atomic mass is 79.9. The lowest BCUT2D eigenvalue weighted by molar-refractivity contribution is 0.175. The van der Waals surface area contributed by atoms with Crippen LogP contribution in [0, 0.1) is 5.82 Å². The van der Waals surface area contributed by atoms with E-state index >= 15 is 0 Å². The van der Waals surface area contributed by atoms with Crippen LogP contribution in [0.2, 0.25) is 0 Å². The molecule has 0 radical (unpaired) electrons. The van der Waals surface area contributed by atoms with Crippen LogP contribution in [0.25, 0.3) is 0 Å². The molecule has 18 heavy (non-hydrogen) atoms. The number of halogens is 2. The summed E-state index contributed by atoms with van der Waals surface area (Å²) in [4.78, 5) is 13.0. The molecule has 1 aliphatic heterocycles. The zero-order valence-electron chi connectivity index (χ0n) is 10.0. The number of hydrogen-bond donors (Lipinski definition) is 1. The first-order chi connectivity index (χ1) is 8.47. The molecule has 1 aromatic carbocycles. The van der Waals surface area contributed by atoms with Crippen molar-refractivity contribution in [3.8, 4) is 5.75 Å². The van der Waals surface area contributed by atoms with E-state index in [-0.39, 0.29) is 22.0 Å². The van der Waals surface area contributed by atoms with Crippen molar-refractivity contribution in [2.75, 3.05) is 12.0 Å². The van der Waals surface area contributed by atoms with Crippen LogP contribution in [0.15, 0.2) is 10.5 Å². The van der Waals surface area contributed by atoms with Gasteiger partial charge in [-0.2, -0.15) is 0 Å². The second-order valence-electron chi connectivity index (χ2n) is 4.24. The predicted molar refractivity (Wildman–Crippen MR) is 68.4 cm³/mol. The average molecular weight is 318 g/mol. The number of hydrogen-bond acceptors (Lipinski definition) is 3. The number of carbonyl (C=O) groups excluding carboxylic acids is 1. The third-order valence-electron chi connectivity index (χ3n) is 3.14. The Kier molecular flexibility index (Phi) is 3.47. The molecule has 0 aromatic heterocycles. The molecule has 1 aromatic rings. The van der Waals surface area contributed by atoms with E-state index in [2.05, 4.69) is 20.7 Å². The Morgan fingerprint density at radius 2 is 2.33 bits per heavy atom. The van der Waals surface area contributed by atoms with E-state index in [4.69, 9.17) is 0 Å². The summed E-state index contributed by atoms with van der Waals surface area (Å²) in [5.41, 5.74) is 0.548. The molecule has 0 bridgehead atoms. The van der Waals surface area contributed by atoms with Crippen molar-refractivity contribution in [3.05, 3.63) is 21.9 Å². The van der Waals surface area contributed by atoms with Crippen molar-refractivity contribution in [1.29, 1.82) is 0 Å². The monoisotopic (exact) mass is 317 g/mol. The first-order valence-electron chi connectivity index (χ1n) is 5.54. The minimum absolute atomic E-state index is 0.0211. The van der Waals surface area contributed by atoms with E-state index in [1.165, 1.54) is 12.0 Å². The van der Waals surface area contributed by atoms with Gasteiger partial charge in [-0.15, -0.1) is 0 Å². The summed E-state index contributed by atoms with van der Waals surface area (Å²) in [5, 5.41) is 9.93. The third kappa shape index (κ3) is 1.94. The smallest absolute Gasteiger partial charge is 0.414 e. The van der Waals surface area contributed by atoms with Crippen LogP contribution in [-0.2, 0) is 11.2 Å². The van der Waals surface area contributed by atoms with E-state index < -0.39 is 11.9 Å². The number of ether oxygens (including phenoxy) is 1. The number of aromatic hydroxyl groups is 1. The highest BCUT2D eigenvalue weighted by Crippen LogP contribution is 2.42. The number of amides is 1. The Hall–Kier alpha value is -1.30. The molecule has 2 rings (SSSR count). The molecule has 0 fully saturated rings. The molecular formula is C12H13BrFNO3. The highest BCUT2D eigenvalue weighted by Gasteiger charge is 2.34. The van der Waals surface area contributed by atoms with Crippen LogP contribution in [0.3, 0.4) is 0 Å². The Balaban J connectivity index is 2.63. The number of phenols is 1. The Labute approximate surface area is 112 Å². The van der Waals surface area contributed by atoms with Crippen molar-refractivity contribution in [3.63, 3.8) is 0 Å². The molecule has 1 N–H and O–H groups in total. The van der Waals surface area contributed by atoms with Gasteiger partial charge in [0.25, 0.3) is 0 Å². The van der Waals surface area contributed by atoms with Crippen LogP contribution in [0.4, 0.5) is 14.9 Å². The minimum Gasteiger partial charge on any atom is -0.506 e. The van der Waals surface area contributed by atoms with Gasteiger partial charge >= 0.3 is 6.09 Å². The minimum atomic E-state index is -0.621. The SMILES string of the molecule is COC(=O)N1c2c(F)cc(Br)c(O)c2CCC1C. The van der Waals surface area contributed by atoms with Crippen molar-refractivity contribution < 1.29 is 19.0 Å². The van der Waals surface area contributed by atoms with Crippen LogP contribution >= 0.6 is 15.9 Å². The van der Waals surface area contributed by atoms with Gasteiger partial charge in [0, 0.05) is 11.6 Å². The van der Waals surface area contributed by atoms with E-state index in [1.54, 1.807) is 0 Å². The molecule has 0 saturated heterocycles. The van der Waals surface area contributed by atoms with Crippen molar-refractivity contribution in [1.82, 2.24) is 0 Å². The summed E-state index contributed by atoms with van der Waals surface area (Å²) < 4.78 is 19.0. The lowest BCUT2D eigenvalue weighted by Gasteiger charge is -2.34. The summed E-state index contributed by atoms with van der Waals surface area (Å²) in [6.45, 7) is 1.82. The second-order valence-corrected chi connectivity index (χ2v) is 5.10. The molecule has 0 aliphatic carbocycles. The normalized spacial score (nSPS) is 18.4. The largest absolute Gasteiger partial charge is 0.506 e. The first-order valence-corrected chi connectivity index (χ1v) is 6.33. The van der Waals surface area contributed by atoms with Gasteiger partial charge in [0.05, 0.1) is 17.3 Å². The van der Waals surface area contributed by atoms with Crippen molar-refractivity contribution in [2.24, 2.45) is 0 Å². The molecule has 1 aliphatic rings. The topological polar surface area (TPSA) is 49.8 Å². The van der Waals surface area contributed by atoms with Crippen LogP contribution in [0.1, 0.15) is 18.9 Å². The van der Waals surface area contributed by atoms with Crippen LogP contribution < -0.4 is 4.90 Å². The van der Waals surface area contributed by atoms with Gasteiger partial charge < -0.3 is 9.84 Å². The Morgan fingerprint density at radius 1 is 1.67 bits per heavy atom. The molecule has 6 heteroatoms. The number of benzene rings is 1.